The summed E-state index contributed by atoms with van der Waals surface area (Å²) in [5.41, 5.74) is 2.67. The Labute approximate surface area is 157 Å². The highest BCUT2D eigenvalue weighted by atomic mass is 32.1. The first-order valence-electron chi connectivity index (χ1n) is 9.46. The topological polar surface area (TPSA) is 38.8 Å². The molecule has 26 heavy (non-hydrogen) atoms. The van der Waals surface area contributed by atoms with E-state index in [4.69, 9.17) is 9.47 Å². The zero-order valence-electron chi connectivity index (χ0n) is 15.0. The van der Waals surface area contributed by atoms with Crippen LogP contribution in [0.5, 0.6) is 11.5 Å². The fraction of sp³-hybridized carbons (Fsp3) is 0.476. The highest BCUT2D eigenvalue weighted by Gasteiger charge is 2.46. The zero-order chi connectivity index (χ0) is 17.7. The van der Waals surface area contributed by atoms with Crippen molar-refractivity contribution < 1.29 is 14.3 Å². The van der Waals surface area contributed by atoms with Crippen LogP contribution in [-0.2, 0) is 5.41 Å². The zero-order valence-corrected chi connectivity index (χ0v) is 15.8. The normalized spacial score (nSPS) is 23.1. The number of rotatable bonds is 1. The average molecular weight is 369 g/mol. The van der Waals surface area contributed by atoms with Crippen LogP contribution in [0.3, 0.4) is 0 Å². The third kappa shape index (κ3) is 2.37. The molecular formula is C21H23NO3S. The number of nitrogens with zero attached hydrogens (tertiary/aromatic N) is 1. The van der Waals surface area contributed by atoms with Crippen molar-refractivity contribution in [1.82, 2.24) is 4.90 Å². The van der Waals surface area contributed by atoms with Gasteiger partial charge in [0, 0.05) is 12.0 Å². The molecule has 1 atom stereocenters. The number of thiophene rings is 1. The van der Waals surface area contributed by atoms with Crippen LogP contribution in [0.25, 0.3) is 0 Å². The molecule has 1 saturated carbocycles. The number of hydrogen-bond donors (Lipinski definition) is 0. The van der Waals surface area contributed by atoms with Gasteiger partial charge in [0.05, 0.1) is 10.9 Å². The van der Waals surface area contributed by atoms with Crippen LogP contribution in [-0.4, -0.2) is 30.6 Å². The molecule has 0 bridgehead atoms. The number of carbonyl (C=O) groups is 1. The monoisotopic (exact) mass is 369 g/mol. The van der Waals surface area contributed by atoms with Gasteiger partial charge in [0.25, 0.3) is 5.91 Å². The Balaban J connectivity index is 1.62. The summed E-state index contributed by atoms with van der Waals surface area (Å²) < 4.78 is 11.7. The van der Waals surface area contributed by atoms with E-state index in [0.717, 1.165) is 35.8 Å². The Morgan fingerprint density at radius 1 is 1.19 bits per heavy atom. The van der Waals surface area contributed by atoms with E-state index in [0.29, 0.717) is 13.2 Å². The summed E-state index contributed by atoms with van der Waals surface area (Å²) in [7, 11) is 0. The second-order valence-electron chi connectivity index (χ2n) is 7.66. The van der Waals surface area contributed by atoms with Gasteiger partial charge in [-0.25, -0.2) is 0 Å². The van der Waals surface area contributed by atoms with Gasteiger partial charge in [0.2, 0.25) is 0 Å². The second kappa shape index (κ2) is 6.02. The van der Waals surface area contributed by atoms with Gasteiger partial charge in [-0.2, -0.15) is 0 Å². The van der Waals surface area contributed by atoms with E-state index in [2.05, 4.69) is 24.0 Å². The second-order valence-corrected chi connectivity index (χ2v) is 8.60. The number of hydrogen-bond acceptors (Lipinski definition) is 4. The molecule has 0 saturated heterocycles. The lowest BCUT2D eigenvalue weighted by Crippen LogP contribution is -2.48. The Hall–Kier alpha value is -2.01. The maximum atomic E-state index is 13.2. The molecule has 3 heterocycles. The third-order valence-corrected chi connectivity index (χ3v) is 7.09. The largest absolute Gasteiger partial charge is 0.486 e. The first kappa shape index (κ1) is 16.2. The van der Waals surface area contributed by atoms with Gasteiger partial charge in [-0.1, -0.05) is 18.9 Å². The summed E-state index contributed by atoms with van der Waals surface area (Å²) in [6.07, 6.45) is 4.73. The van der Waals surface area contributed by atoms with Gasteiger partial charge < -0.3 is 14.4 Å². The minimum atomic E-state index is 0.0432. The van der Waals surface area contributed by atoms with E-state index in [1.54, 1.807) is 0 Å². The Bertz CT molecular complexity index is 839. The van der Waals surface area contributed by atoms with Crippen molar-refractivity contribution in [3.63, 3.8) is 0 Å². The molecule has 5 rings (SSSR count). The van der Waals surface area contributed by atoms with Crippen LogP contribution >= 0.6 is 11.3 Å². The molecule has 1 aromatic heterocycles. The summed E-state index contributed by atoms with van der Waals surface area (Å²) in [6.45, 7) is 4.14. The average Bonchev–Trinajstić information content (AvgIpc) is 3.36. The first-order valence-corrected chi connectivity index (χ1v) is 10.3. The summed E-state index contributed by atoms with van der Waals surface area (Å²) in [5.74, 6) is 1.84. The van der Waals surface area contributed by atoms with E-state index in [-0.39, 0.29) is 17.4 Å². The molecule has 3 aliphatic rings. The van der Waals surface area contributed by atoms with Crippen LogP contribution in [0.4, 0.5) is 0 Å². The molecule has 1 unspecified atom stereocenters. The summed E-state index contributed by atoms with van der Waals surface area (Å²) in [4.78, 5) is 16.1. The lowest BCUT2D eigenvalue weighted by Gasteiger charge is -2.46. The number of fused-ring (bicyclic) bond motifs is 3. The van der Waals surface area contributed by atoms with E-state index >= 15 is 0 Å². The smallest absolute Gasteiger partial charge is 0.264 e. The summed E-state index contributed by atoms with van der Waals surface area (Å²) in [5, 5.41) is 1.97. The Kier molecular flexibility index (Phi) is 3.74. The molecule has 2 aromatic rings. The van der Waals surface area contributed by atoms with Crippen LogP contribution in [0.2, 0.25) is 0 Å². The van der Waals surface area contributed by atoms with E-state index in [1.165, 1.54) is 35.3 Å². The van der Waals surface area contributed by atoms with Gasteiger partial charge in [0.1, 0.15) is 13.2 Å². The Morgan fingerprint density at radius 3 is 2.62 bits per heavy atom. The van der Waals surface area contributed by atoms with Crippen molar-refractivity contribution in [2.24, 2.45) is 0 Å². The predicted octanol–water partition coefficient (Wildman–Crippen LogP) is 4.55. The molecule has 0 N–H and O–H groups in total. The predicted molar refractivity (Wildman–Crippen MR) is 101 cm³/mol. The minimum absolute atomic E-state index is 0.0432. The number of amides is 1. The van der Waals surface area contributed by atoms with Crippen LogP contribution in [0.1, 0.15) is 59.4 Å². The number of benzene rings is 1. The lowest BCUT2D eigenvalue weighted by atomic mass is 9.71. The number of carbonyl (C=O) groups excluding carboxylic acids is 1. The molecule has 136 valence electrons. The van der Waals surface area contributed by atoms with Crippen molar-refractivity contribution in [2.45, 2.75) is 44.1 Å². The molecule has 1 aromatic carbocycles. The van der Waals surface area contributed by atoms with Gasteiger partial charge in [-0.15, -0.1) is 11.3 Å². The van der Waals surface area contributed by atoms with E-state index in [9.17, 15) is 4.79 Å². The fourth-order valence-electron chi connectivity index (χ4n) is 4.89. The number of ether oxygens (including phenoxy) is 2. The standard InChI is InChI=1S/C21H23NO3S/c1-14-15-11-17-18(25-9-8-24-17)12-16(15)21(6-2-3-7-21)13-22(14)20(23)19-5-4-10-26-19/h4-5,10-12,14H,2-3,6-9,13H2,1H3. The molecule has 1 amide bonds. The first-order chi connectivity index (χ1) is 12.7. The van der Waals surface area contributed by atoms with Crippen molar-refractivity contribution in [2.75, 3.05) is 19.8 Å². The highest BCUT2D eigenvalue weighted by molar-refractivity contribution is 7.12. The molecule has 4 nitrogen and oxygen atoms in total. The van der Waals surface area contributed by atoms with Gasteiger partial charge >= 0.3 is 0 Å². The van der Waals surface area contributed by atoms with Gasteiger partial charge in [0.15, 0.2) is 11.5 Å². The lowest BCUT2D eigenvalue weighted by molar-refractivity contribution is 0.0598. The SMILES string of the molecule is CC1c2cc3c(cc2C2(CCCC2)CN1C(=O)c1cccs1)OCCO3. The molecule has 2 aliphatic heterocycles. The maximum absolute atomic E-state index is 13.2. The quantitative estimate of drug-likeness (QED) is 0.740. The van der Waals surface area contributed by atoms with Crippen molar-refractivity contribution >= 4 is 17.2 Å². The van der Waals surface area contributed by atoms with Crippen molar-refractivity contribution in [1.29, 1.82) is 0 Å². The highest BCUT2D eigenvalue weighted by Crippen LogP contribution is 2.52. The van der Waals surface area contributed by atoms with Gasteiger partial charge in [-0.3, -0.25) is 4.79 Å². The Morgan fingerprint density at radius 2 is 1.92 bits per heavy atom. The van der Waals surface area contributed by atoms with E-state index in [1.807, 2.05) is 17.5 Å². The molecule has 1 spiro atoms. The minimum Gasteiger partial charge on any atom is -0.486 e. The molecule has 5 heteroatoms. The van der Waals surface area contributed by atoms with E-state index < -0.39 is 0 Å². The molecule has 0 radical (unpaired) electrons. The third-order valence-electron chi connectivity index (χ3n) is 6.23. The molecule has 1 fully saturated rings. The van der Waals surface area contributed by atoms with Crippen LogP contribution in [0, 0.1) is 0 Å². The summed E-state index contributed by atoms with van der Waals surface area (Å²) >= 11 is 1.53. The van der Waals surface area contributed by atoms with Crippen molar-refractivity contribution in [3.8, 4) is 11.5 Å². The molecular weight excluding hydrogens is 346 g/mol. The van der Waals surface area contributed by atoms with Crippen LogP contribution in [0.15, 0.2) is 29.6 Å². The van der Waals surface area contributed by atoms with Crippen LogP contribution < -0.4 is 9.47 Å². The van der Waals surface area contributed by atoms with Gasteiger partial charge in [-0.05, 0) is 54.5 Å². The molecule has 1 aliphatic carbocycles. The summed E-state index contributed by atoms with van der Waals surface area (Å²) in [6, 6.07) is 8.26. The maximum Gasteiger partial charge on any atom is 0.264 e. The fourth-order valence-corrected chi connectivity index (χ4v) is 5.57. The van der Waals surface area contributed by atoms with Crippen molar-refractivity contribution in [3.05, 3.63) is 45.6 Å².